The third kappa shape index (κ3) is 3.85. The minimum atomic E-state index is -3.49. The minimum absolute atomic E-state index is 0.306. The molecule has 1 fully saturated rings. The van der Waals surface area contributed by atoms with Crippen molar-refractivity contribution in [2.75, 3.05) is 39.0 Å². The number of rotatable bonds is 8. The van der Waals surface area contributed by atoms with Gasteiger partial charge in [-0.3, -0.25) is 0 Å². The van der Waals surface area contributed by atoms with E-state index in [1.54, 1.807) is 11.4 Å². The third-order valence-corrected chi connectivity index (χ3v) is 6.44. The molecular weight excluding hydrogens is 328 g/mol. The fourth-order valence-electron chi connectivity index (χ4n) is 3.04. The van der Waals surface area contributed by atoms with Gasteiger partial charge in [-0.25, -0.2) is 9.97 Å². The summed E-state index contributed by atoms with van der Waals surface area (Å²) in [6.07, 6.45) is 1.56. The summed E-state index contributed by atoms with van der Waals surface area (Å²) in [6.45, 7) is 5.76. The SMILES string of the molecule is CCN(CC)S(=O)(=O)N1CCC[C@@H]1c1nc(CNC)cc(NC)n1. The van der Waals surface area contributed by atoms with Crippen LogP contribution in [0.25, 0.3) is 0 Å². The lowest BCUT2D eigenvalue weighted by Crippen LogP contribution is -2.43. The molecule has 1 aromatic rings. The molecule has 136 valence electrons. The first-order valence-corrected chi connectivity index (χ1v) is 9.84. The second-order valence-corrected chi connectivity index (χ2v) is 7.62. The van der Waals surface area contributed by atoms with Crippen LogP contribution in [0.5, 0.6) is 0 Å². The maximum Gasteiger partial charge on any atom is 0.282 e. The maximum atomic E-state index is 12.9. The minimum Gasteiger partial charge on any atom is -0.373 e. The quantitative estimate of drug-likeness (QED) is 0.721. The van der Waals surface area contributed by atoms with Crippen LogP contribution < -0.4 is 10.6 Å². The van der Waals surface area contributed by atoms with Crippen molar-refractivity contribution in [1.29, 1.82) is 0 Å². The molecule has 0 spiro atoms. The number of nitrogens with zero attached hydrogens (tertiary/aromatic N) is 4. The highest BCUT2D eigenvalue weighted by Gasteiger charge is 2.39. The molecule has 24 heavy (non-hydrogen) atoms. The van der Waals surface area contributed by atoms with Gasteiger partial charge in [0.25, 0.3) is 10.2 Å². The molecule has 2 heterocycles. The average Bonchev–Trinajstić information content (AvgIpc) is 3.06. The lowest BCUT2D eigenvalue weighted by molar-refractivity contribution is 0.330. The van der Waals surface area contributed by atoms with Crippen LogP contribution in [0.15, 0.2) is 6.07 Å². The van der Waals surface area contributed by atoms with Gasteiger partial charge in [-0.1, -0.05) is 13.8 Å². The van der Waals surface area contributed by atoms with Crippen LogP contribution in [-0.2, 0) is 16.8 Å². The zero-order valence-corrected chi connectivity index (χ0v) is 15.7. The van der Waals surface area contributed by atoms with Crippen LogP contribution >= 0.6 is 0 Å². The summed E-state index contributed by atoms with van der Waals surface area (Å²) < 4.78 is 28.9. The van der Waals surface area contributed by atoms with Gasteiger partial charge in [0.2, 0.25) is 0 Å². The van der Waals surface area contributed by atoms with Crippen LogP contribution in [0.1, 0.15) is 44.2 Å². The van der Waals surface area contributed by atoms with E-state index in [4.69, 9.17) is 0 Å². The van der Waals surface area contributed by atoms with Gasteiger partial charge in [-0.05, 0) is 19.9 Å². The number of nitrogens with one attached hydrogen (secondary N) is 2. The van der Waals surface area contributed by atoms with Crippen molar-refractivity contribution in [3.8, 4) is 0 Å². The van der Waals surface area contributed by atoms with Gasteiger partial charge in [-0.15, -0.1) is 0 Å². The van der Waals surface area contributed by atoms with Gasteiger partial charge in [0.15, 0.2) is 0 Å². The molecule has 2 N–H and O–H groups in total. The summed E-state index contributed by atoms with van der Waals surface area (Å²) >= 11 is 0. The first-order chi connectivity index (χ1) is 11.5. The van der Waals surface area contributed by atoms with Gasteiger partial charge < -0.3 is 10.6 Å². The van der Waals surface area contributed by atoms with Crippen LogP contribution in [0.4, 0.5) is 5.82 Å². The third-order valence-electron chi connectivity index (χ3n) is 4.24. The van der Waals surface area contributed by atoms with E-state index in [9.17, 15) is 8.42 Å². The van der Waals surface area contributed by atoms with Crippen molar-refractivity contribution in [3.05, 3.63) is 17.6 Å². The second-order valence-electron chi connectivity index (χ2n) is 5.74. The Kier molecular flexibility index (Phi) is 6.50. The molecule has 0 saturated carbocycles. The van der Waals surface area contributed by atoms with Crippen LogP contribution in [-0.4, -0.2) is 60.7 Å². The summed E-state index contributed by atoms with van der Waals surface area (Å²) in [5, 5.41) is 6.10. The normalized spacial score (nSPS) is 19.1. The van der Waals surface area contributed by atoms with Crippen LogP contribution in [0.3, 0.4) is 0 Å². The van der Waals surface area contributed by atoms with Crippen LogP contribution in [0.2, 0.25) is 0 Å². The Balaban J connectivity index is 2.38. The molecule has 1 aromatic heterocycles. The van der Waals surface area contributed by atoms with Gasteiger partial charge in [0, 0.05) is 39.3 Å². The zero-order valence-electron chi connectivity index (χ0n) is 14.9. The zero-order chi connectivity index (χ0) is 17.7. The molecule has 1 aliphatic heterocycles. The lowest BCUT2D eigenvalue weighted by Gasteiger charge is -2.29. The van der Waals surface area contributed by atoms with Crippen molar-refractivity contribution in [2.45, 2.75) is 39.3 Å². The van der Waals surface area contributed by atoms with E-state index in [-0.39, 0.29) is 6.04 Å². The number of hydrogen-bond donors (Lipinski definition) is 2. The smallest absolute Gasteiger partial charge is 0.282 e. The molecule has 1 atom stereocenters. The van der Waals surface area contributed by atoms with Gasteiger partial charge in [-0.2, -0.15) is 17.0 Å². The summed E-state index contributed by atoms with van der Waals surface area (Å²) in [4.78, 5) is 9.11. The van der Waals surface area contributed by atoms with Crippen molar-refractivity contribution in [1.82, 2.24) is 23.9 Å². The van der Waals surface area contributed by atoms with Crippen molar-refractivity contribution >= 4 is 16.0 Å². The monoisotopic (exact) mass is 356 g/mol. The Morgan fingerprint density at radius 3 is 2.58 bits per heavy atom. The standard InChI is InChI=1S/C15H28N6O2S/c1-5-20(6-2)24(22,23)21-9-7-8-13(21)15-18-12(11-16-3)10-14(17-4)19-15/h10,13,16H,5-9,11H2,1-4H3,(H,17,18,19)/t13-/m1/s1. The summed E-state index contributed by atoms with van der Waals surface area (Å²) in [5.74, 6) is 1.28. The predicted octanol–water partition coefficient (Wildman–Crippen LogP) is 0.961. The molecular formula is C15H28N6O2S. The van der Waals surface area contributed by atoms with Crippen LogP contribution in [0, 0.1) is 0 Å². The molecule has 0 amide bonds. The molecule has 1 aliphatic rings. The summed E-state index contributed by atoms with van der Waals surface area (Å²) in [6, 6.07) is 1.57. The molecule has 0 radical (unpaired) electrons. The van der Waals surface area contributed by atoms with Gasteiger partial charge in [0.05, 0.1) is 11.7 Å². The Hall–Kier alpha value is -1.29. The van der Waals surface area contributed by atoms with Crippen molar-refractivity contribution in [3.63, 3.8) is 0 Å². The van der Waals surface area contributed by atoms with Gasteiger partial charge >= 0.3 is 0 Å². The highest BCUT2D eigenvalue weighted by molar-refractivity contribution is 7.86. The topological polar surface area (TPSA) is 90.5 Å². The fraction of sp³-hybridized carbons (Fsp3) is 0.733. The molecule has 9 heteroatoms. The van der Waals surface area contributed by atoms with Gasteiger partial charge in [0.1, 0.15) is 11.6 Å². The first-order valence-electron chi connectivity index (χ1n) is 8.45. The van der Waals surface area contributed by atoms with Crippen molar-refractivity contribution < 1.29 is 8.42 Å². The molecule has 0 aliphatic carbocycles. The number of aromatic nitrogens is 2. The molecule has 2 rings (SSSR count). The predicted molar refractivity (Wildman–Crippen MR) is 94.9 cm³/mol. The molecule has 0 aromatic carbocycles. The summed E-state index contributed by atoms with van der Waals surface area (Å²) in [5.41, 5.74) is 0.846. The number of anilines is 1. The molecule has 0 bridgehead atoms. The fourth-order valence-corrected chi connectivity index (χ4v) is 4.87. The Morgan fingerprint density at radius 1 is 1.29 bits per heavy atom. The summed E-state index contributed by atoms with van der Waals surface area (Å²) in [7, 11) is 0.162. The highest BCUT2D eigenvalue weighted by atomic mass is 32.2. The molecule has 8 nitrogen and oxygen atoms in total. The molecule has 1 saturated heterocycles. The van der Waals surface area contributed by atoms with E-state index >= 15 is 0 Å². The Labute approximate surface area is 144 Å². The maximum absolute atomic E-state index is 12.9. The van der Waals surface area contributed by atoms with Crippen molar-refractivity contribution in [2.24, 2.45) is 0 Å². The van der Waals surface area contributed by atoms with E-state index < -0.39 is 10.2 Å². The van der Waals surface area contributed by atoms with E-state index in [0.29, 0.717) is 37.8 Å². The van der Waals surface area contributed by atoms with E-state index in [1.165, 1.54) is 4.31 Å². The second kappa shape index (κ2) is 8.19. The van der Waals surface area contributed by atoms with E-state index in [1.807, 2.05) is 27.0 Å². The van der Waals surface area contributed by atoms with E-state index in [0.717, 1.165) is 18.5 Å². The lowest BCUT2D eigenvalue weighted by atomic mass is 10.2. The first kappa shape index (κ1) is 19.0. The Bertz CT molecular complexity index is 647. The number of hydrogen-bond acceptors (Lipinski definition) is 6. The average molecular weight is 356 g/mol. The highest BCUT2D eigenvalue weighted by Crippen LogP contribution is 2.34. The van der Waals surface area contributed by atoms with E-state index in [2.05, 4.69) is 20.6 Å². The Morgan fingerprint density at radius 2 is 2.00 bits per heavy atom. The molecule has 0 unspecified atom stereocenters. The largest absolute Gasteiger partial charge is 0.373 e.